The number of rotatable bonds is 7. The second-order valence-electron chi connectivity index (χ2n) is 5.89. The highest BCUT2D eigenvalue weighted by atomic mass is 14.5. The van der Waals surface area contributed by atoms with Crippen LogP contribution in [0.4, 0.5) is 0 Å². The molecule has 0 aromatic heterocycles. The first-order valence-electron chi connectivity index (χ1n) is 7.16. The molecule has 1 aliphatic rings. The Balaban J connectivity index is 2.39. The van der Waals surface area contributed by atoms with Gasteiger partial charge in [0.1, 0.15) is 0 Å². The Bertz CT molecular complexity index is 173. The van der Waals surface area contributed by atoms with Crippen LogP contribution in [0.15, 0.2) is 0 Å². The summed E-state index contributed by atoms with van der Waals surface area (Å²) in [6, 6.07) is 0. The fourth-order valence-corrected chi connectivity index (χ4v) is 3.49. The van der Waals surface area contributed by atoms with Crippen LogP contribution < -0.4 is 0 Å². The van der Waals surface area contributed by atoms with E-state index in [2.05, 4.69) is 27.7 Å². The Labute approximate surface area is 96.8 Å². The van der Waals surface area contributed by atoms with E-state index in [1.807, 2.05) is 0 Å². The van der Waals surface area contributed by atoms with Crippen LogP contribution in [0.1, 0.15) is 79.1 Å². The van der Waals surface area contributed by atoms with Crippen LogP contribution in [0.2, 0.25) is 0 Å². The molecule has 1 saturated carbocycles. The van der Waals surface area contributed by atoms with Crippen molar-refractivity contribution in [2.45, 2.75) is 79.1 Å². The van der Waals surface area contributed by atoms with Crippen molar-refractivity contribution in [1.82, 2.24) is 0 Å². The van der Waals surface area contributed by atoms with Gasteiger partial charge in [0, 0.05) is 0 Å². The third-order valence-electron chi connectivity index (χ3n) is 4.85. The molecule has 1 rings (SSSR count). The first-order chi connectivity index (χ1) is 7.16. The van der Waals surface area contributed by atoms with Gasteiger partial charge < -0.3 is 0 Å². The Hall–Kier alpha value is 0. The fourth-order valence-electron chi connectivity index (χ4n) is 3.49. The topological polar surface area (TPSA) is 0 Å². The third-order valence-corrected chi connectivity index (χ3v) is 4.85. The predicted octanol–water partition coefficient (Wildman–Crippen LogP) is 5.42. The molecule has 0 heteroatoms. The maximum Gasteiger partial charge on any atom is -0.0267 e. The molecular weight excluding hydrogens is 180 g/mol. The third kappa shape index (κ3) is 2.98. The molecule has 3 atom stereocenters. The van der Waals surface area contributed by atoms with Gasteiger partial charge in [-0.2, -0.15) is 0 Å². The number of hydrogen-bond donors (Lipinski definition) is 0. The van der Waals surface area contributed by atoms with Crippen LogP contribution in [-0.2, 0) is 0 Å². The Kier molecular flexibility index (Phi) is 5.15. The minimum Gasteiger partial charge on any atom is -0.0654 e. The second-order valence-corrected chi connectivity index (χ2v) is 5.89. The summed E-state index contributed by atoms with van der Waals surface area (Å²) in [5.41, 5.74) is 0.755. The van der Waals surface area contributed by atoms with E-state index < -0.39 is 0 Å². The lowest BCUT2D eigenvalue weighted by Crippen LogP contribution is -2.45. The smallest absolute Gasteiger partial charge is 0.0267 e. The zero-order valence-electron chi connectivity index (χ0n) is 11.3. The van der Waals surface area contributed by atoms with Gasteiger partial charge in [-0.1, -0.05) is 59.8 Å². The molecule has 0 radical (unpaired) electrons. The van der Waals surface area contributed by atoms with E-state index >= 15 is 0 Å². The van der Waals surface area contributed by atoms with Crippen molar-refractivity contribution in [2.75, 3.05) is 0 Å². The largest absolute Gasteiger partial charge is 0.0654 e. The SMILES string of the molecule is CCCCCC1(CCCC)CC(C)C1C. The van der Waals surface area contributed by atoms with E-state index in [1.165, 1.54) is 51.4 Å². The van der Waals surface area contributed by atoms with Crippen LogP contribution >= 0.6 is 0 Å². The molecule has 0 saturated heterocycles. The van der Waals surface area contributed by atoms with Crippen molar-refractivity contribution in [2.24, 2.45) is 17.3 Å². The highest BCUT2D eigenvalue weighted by Gasteiger charge is 2.47. The van der Waals surface area contributed by atoms with Crippen LogP contribution in [-0.4, -0.2) is 0 Å². The average molecular weight is 210 g/mol. The highest BCUT2D eigenvalue weighted by molar-refractivity contribution is 4.97. The summed E-state index contributed by atoms with van der Waals surface area (Å²) in [5, 5.41) is 0. The fraction of sp³-hybridized carbons (Fsp3) is 1.00. The minimum atomic E-state index is 0.755. The summed E-state index contributed by atoms with van der Waals surface area (Å²) in [7, 11) is 0. The zero-order chi connectivity index (χ0) is 11.3. The van der Waals surface area contributed by atoms with E-state index in [9.17, 15) is 0 Å². The molecule has 0 aromatic carbocycles. The maximum absolute atomic E-state index is 2.50. The van der Waals surface area contributed by atoms with Gasteiger partial charge in [0.2, 0.25) is 0 Å². The van der Waals surface area contributed by atoms with Crippen molar-refractivity contribution in [1.29, 1.82) is 0 Å². The van der Waals surface area contributed by atoms with Crippen LogP contribution in [0.3, 0.4) is 0 Å². The second kappa shape index (κ2) is 5.92. The van der Waals surface area contributed by atoms with Crippen LogP contribution in [0.5, 0.6) is 0 Å². The molecule has 0 amide bonds. The molecule has 1 aliphatic carbocycles. The molecule has 0 aliphatic heterocycles. The molecule has 0 nitrogen and oxygen atoms in total. The Morgan fingerprint density at radius 2 is 1.53 bits per heavy atom. The van der Waals surface area contributed by atoms with Crippen molar-refractivity contribution in [3.63, 3.8) is 0 Å². The molecule has 0 N–H and O–H groups in total. The first kappa shape index (κ1) is 13.1. The normalized spacial score (nSPS) is 35.2. The summed E-state index contributed by atoms with van der Waals surface area (Å²) >= 11 is 0. The zero-order valence-corrected chi connectivity index (χ0v) is 11.3. The summed E-state index contributed by atoms with van der Waals surface area (Å²) in [6.45, 7) is 9.57. The van der Waals surface area contributed by atoms with Crippen molar-refractivity contribution < 1.29 is 0 Å². The van der Waals surface area contributed by atoms with Gasteiger partial charge in [-0.3, -0.25) is 0 Å². The number of unbranched alkanes of at least 4 members (excludes halogenated alkanes) is 3. The van der Waals surface area contributed by atoms with Crippen LogP contribution in [0, 0.1) is 17.3 Å². The lowest BCUT2D eigenvalue weighted by Gasteiger charge is -2.54. The van der Waals surface area contributed by atoms with E-state index in [4.69, 9.17) is 0 Å². The molecule has 90 valence electrons. The molecule has 15 heavy (non-hydrogen) atoms. The van der Waals surface area contributed by atoms with Gasteiger partial charge in [-0.15, -0.1) is 0 Å². The standard InChI is InChI=1S/C15H30/c1-5-7-9-11-15(10-8-6-2)12-13(3)14(15)4/h13-14H,5-12H2,1-4H3. The predicted molar refractivity (Wildman–Crippen MR) is 69.0 cm³/mol. The van der Waals surface area contributed by atoms with Gasteiger partial charge in [0.25, 0.3) is 0 Å². The average Bonchev–Trinajstić information content (AvgIpc) is 2.25. The quantitative estimate of drug-likeness (QED) is 0.492. The monoisotopic (exact) mass is 210 g/mol. The molecule has 3 unspecified atom stereocenters. The van der Waals surface area contributed by atoms with E-state index in [1.54, 1.807) is 0 Å². The summed E-state index contributed by atoms with van der Waals surface area (Å²) in [5.74, 6) is 1.98. The van der Waals surface area contributed by atoms with E-state index in [0.717, 1.165) is 17.3 Å². The van der Waals surface area contributed by atoms with E-state index in [0.29, 0.717) is 0 Å². The molecule has 0 aromatic rings. The maximum atomic E-state index is 2.50. The van der Waals surface area contributed by atoms with Gasteiger partial charge in [0.15, 0.2) is 0 Å². The molecule has 0 heterocycles. The summed E-state index contributed by atoms with van der Waals surface area (Å²) in [4.78, 5) is 0. The highest BCUT2D eigenvalue weighted by Crippen LogP contribution is 2.56. The number of hydrogen-bond acceptors (Lipinski definition) is 0. The molecule has 0 spiro atoms. The van der Waals surface area contributed by atoms with Crippen molar-refractivity contribution in [3.05, 3.63) is 0 Å². The lowest BCUT2D eigenvalue weighted by atomic mass is 9.51. The Morgan fingerprint density at radius 1 is 0.933 bits per heavy atom. The molecule has 1 fully saturated rings. The first-order valence-corrected chi connectivity index (χ1v) is 7.16. The molecular formula is C15H30. The van der Waals surface area contributed by atoms with Gasteiger partial charge in [-0.05, 0) is 36.5 Å². The van der Waals surface area contributed by atoms with E-state index in [-0.39, 0.29) is 0 Å². The van der Waals surface area contributed by atoms with Crippen LogP contribution in [0.25, 0.3) is 0 Å². The lowest BCUT2D eigenvalue weighted by molar-refractivity contribution is -0.0401. The minimum absolute atomic E-state index is 0.755. The van der Waals surface area contributed by atoms with Gasteiger partial charge in [-0.25, -0.2) is 0 Å². The Morgan fingerprint density at radius 3 is 2.00 bits per heavy atom. The summed E-state index contributed by atoms with van der Waals surface area (Å²) in [6.07, 6.45) is 11.6. The van der Waals surface area contributed by atoms with Crippen molar-refractivity contribution >= 4 is 0 Å². The van der Waals surface area contributed by atoms with Gasteiger partial charge >= 0.3 is 0 Å². The van der Waals surface area contributed by atoms with Crippen molar-refractivity contribution in [3.8, 4) is 0 Å². The summed E-state index contributed by atoms with van der Waals surface area (Å²) < 4.78 is 0. The van der Waals surface area contributed by atoms with Gasteiger partial charge in [0.05, 0.1) is 0 Å². The molecule has 0 bridgehead atoms.